The molecule has 0 aliphatic heterocycles. The number of rotatable bonds is 10. The zero-order chi connectivity index (χ0) is 25.4. The molecule has 184 valence electrons. The van der Waals surface area contributed by atoms with Crippen molar-refractivity contribution in [3.63, 3.8) is 0 Å². The molecule has 0 unspecified atom stereocenters. The van der Waals surface area contributed by atoms with Crippen molar-refractivity contribution in [1.82, 2.24) is 9.55 Å². The minimum Gasteiger partial charge on any atom is -0.482 e. The van der Waals surface area contributed by atoms with Crippen LogP contribution in [0.5, 0.6) is 5.75 Å². The number of halogens is 1. The molecular weight excluding hydrogens is 476 g/mol. The van der Waals surface area contributed by atoms with E-state index in [0.29, 0.717) is 17.2 Å². The van der Waals surface area contributed by atoms with Crippen LogP contribution < -0.4 is 26.6 Å². The van der Waals surface area contributed by atoms with Crippen LogP contribution in [0.15, 0.2) is 64.2 Å². The third-order valence-electron chi connectivity index (χ3n) is 4.94. The molecule has 0 spiro atoms. The van der Waals surface area contributed by atoms with Gasteiger partial charge in [-0.15, -0.1) is 0 Å². The van der Waals surface area contributed by atoms with Gasteiger partial charge in [-0.2, -0.15) is 0 Å². The fourth-order valence-corrected chi connectivity index (χ4v) is 3.41. The highest BCUT2D eigenvalue weighted by atomic mass is 35.5. The maximum atomic E-state index is 12.9. The number of nitrogens with two attached hydrogens (primary N) is 1. The van der Waals surface area contributed by atoms with Crippen LogP contribution in [0.4, 0.5) is 11.5 Å². The zero-order valence-corrected chi connectivity index (χ0v) is 19.8. The number of hydrogen-bond donors (Lipinski definition) is 2. The van der Waals surface area contributed by atoms with E-state index in [4.69, 9.17) is 26.8 Å². The second-order valence-electron chi connectivity index (χ2n) is 7.51. The summed E-state index contributed by atoms with van der Waals surface area (Å²) in [6.07, 6.45) is 0.482. The van der Waals surface area contributed by atoms with Crippen molar-refractivity contribution < 1.29 is 19.1 Å². The first-order valence-electron chi connectivity index (χ1n) is 10.8. The van der Waals surface area contributed by atoms with Crippen LogP contribution in [0.25, 0.3) is 0 Å². The summed E-state index contributed by atoms with van der Waals surface area (Å²) in [5.74, 6) is -1.21. The first kappa shape index (κ1) is 25.6. The fraction of sp³-hybridized carbons (Fsp3) is 0.250. The molecule has 0 fully saturated rings. The lowest BCUT2D eigenvalue weighted by molar-refractivity contribution is -0.149. The molecule has 1 heterocycles. The second-order valence-corrected chi connectivity index (χ2v) is 7.95. The number of carbonyl (C=O) groups excluding carboxylic acids is 2. The molecule has 0 aliphatic rings. The number of carbonyl (C=O) groups is 2. The van der Waals surface area contributed by atoms with E-state index >= 15 is 0 Å². The molecule has 2 aromatic carbocycles. The van der Waals surface area contributed by atoms with Gasteiger partial charge in [0, 0.05) is 11.6 Å². The second kappa shape index (κ2) is 11.9. The monoisotopic (exact) mass is 500 g/mol. The van der Waals surface area contributed by atoms with Gasteiger partial charge >= 0.3 is 11.7 Å². The van der Waals surface area contributed by atoms with Crippen LogP contribution in [0.2, 0.25) is 5.02 Å². The largest absolute Gasteiger partial charge is 0.482 e. The van der Waals surface area contributed by atoms with Crippen molar-refractivity contribution in [2.45, 2.75) is 19.9 Å². The minimum absolute atomic E-state index is 0.0977. The van der Waals surface area contributed by atoms with Gasteiger partial charge in [0.1, 0.15) is 11.6 Å². The highest BCUT2D eigenvalue weighted by molar-refractivity contribution is 6.30. The number of benzene rings is 2. The van der Waals surface area contributed by atoms with Crippen LogP contribution in [-0.4, -0.2) is 41.2 Å². The molecule has 0 aliphatic carbocycles. The van der Waals surface area contributed by atoms with E-state index in [2.05, 4.69) is 4.98 Å². The average Bonchev–Trinajstić information content (AvgIpc) is 2.84. The Labute approximate surface area is 205 Å². The van der Waals surface area contributed by atoms with Gasteiger partial charge in [0.25, 0.3) is 11.5 Å². The maximum absolute atomic E-state index is 12.9. The number of amides is 1. The number of nitrogens with one attached hydrogen (secondary N) is 1. The molecule has 0 saturated heterocycles. The topological polar surface area (TPSA) is 137 Å². The van der Waals surface area contributed by atoms with Gasteiger partial charge < -0.3 is 20.1 Å². The first-order valence-corrected chi connectivity index (χ1v) is 11.2. The SMILES string of the molecule is CCCN(C(=O)COC(=O)COc1ccc(Cl)cc1)c1c(N)n(Cc2ccccc2)c(=O)[nH]c1=O. The Morgan fingerprint density at radius 3 is 2.40 bits per heavy atom. The molecule has 3 rings (SSSR count). The number of nitrogens with zero attached hydrogens (tertiary/aromatic N) is 2. The number of nitrogen functional groups attached to an aromatic ring is 1. The lowest BCUT2D eigenvalue weighted by Gasteiger charge is -2.24. The summed E-state index contributed by atoms with van der Waals surface area (Å²) >= 11 is 5.80. The van der Waals surface area contributed by atoms with Crippen molar-refractivity contribution in [3.8, 4) is 5.75 Å². The third kappa shape index (κ3) is 6.73. The van der Waals surface area contributed by atoms with E-state index < -0.39 is 36.3 Å². The summed E-state index contributed by atoms with van der Waals surface area (Å²) in [4.78, 5) is 53.3. The Bertz CT molecular complexity index is 1290. The lowest BCUT2D eigenvalue weighted by atomic mass is 10.2. The van der Waals surface area contributed by atoms with Gasteiger partial charge in [-0.3, -0.25) is 19.1 Å². The molecule has 1 aromatic heterocycles. The average molecular weight is 501 g/mol. The summed E-state index contributed by atoms with van der Waals surface area (Å²) in [7, 11) is 0. The normalized spacial score (nSPS) is 10.6. The van der Waals surface area contributed by atoms with Crippen LogP contribution in [-0.2, 0) is 20.9 Å². The van der Waals surface area contributed by atoms with Crippen LogP contribution in [0, 0.1) is 0 Å². The van der Waals surface area contributed by atoms with Crippen LogP contribution in [0.1, 0.15) is 18.9 Å². The Morgan fingerprint density at radius 1 is 1.06 bits per heavy atom. The van der Waals surface area contributed by atoms with Gasteiger partial charge in [0.05, 0.1) is 6.54 Å². The van der Waals surface area contributed by atoms with Gasteiger partial charge in [-0.1, -0.05) is 48.9 Å². The fourth-order valence-electron chi connectivity index (χ4n) is 3.28. The standard InChI is InChI=1S/C24H25ClN4O6/c1-2-12-28(19(30)14-35-20(31)15-34-18-10-8-17(25)9-11-18)21-22(26)29(24(33)27-23(21)32)13-16-6-4-3-5-7-16/h3-11H,2,12-15,26H2,1H3,(H,27,32,33). The lowest BCUT2D eigenvalue weighted by Crippen LogP contribution is -2.43. The third-order valence-corrected chi connectivity index (χ3v) is 5.19. The Balaban J connectivity index is 1.74. The quantitative estimate of drug-likeness (QED) is 0.407. The summed E-state index contributed by atoms with van der Waals surface area (Å²) in [5.41, 5.74) is 5.28. The Morgan fingerprint density at radius 2 is 1.74 bits per heavy atom. The molecule has 10 nitrogen and oxygen atoms in total. The number of aromatic nitrogens is 2. The van der Waals surface area contributed by atoms with Crippen LogP contribution in [0.3, 0.4) is 0 Å². The summed E-state index contributed by atoms with van der Waals surface area (Å²) < 4.78 is 11.5. The smallest absolute Gasteiger partial charge is 0.344 e. The number of ether oxygens (including phenoxy) is 2. The highest BCUT2D eigenvalue weighted by Gasteiger charge is 2.24. The molecule has 11 heteroatoms. The Hall–Kier alpha value is -4.05. The van der Waals surface area contributed by atoms with Crippen LogP contribution >= 0.6 is 11.6 Å². The molecule has 0 saturated carbocycles. The number of esters is 1. The molecule has 3 aromatic rings. The van der Waals surface area contributed by atoms with E-state index in [9.17, 15) is 19.2 Å². The maximum Gasteiger partial charge on any atom is 0.344 e. The Kier molecular flexibility index (Phi) is 8.69. The van der Waals surface area contributed by atoms with E-state index in [0.717, 1.165) is 10.5 Å². The van der Waals surface area contributed by atoms with E-state index in [1.165, 1.54) is 4.57 Å². The van der Waals surface area contributed by atoms with Crippen molar-refractivity contribution >= 4 is 35.0 Å². The van der Waals surface area contributed by atoms with Gasteiger partial charge in [0.15, 0.2) is 18.9 Å². The number of H-pyrrole nitrogens is 1. The molecular formula is C24H25ClN4O6. The van der Waals surface area contributed by atoms with Crippen molar-refractivity contribution in [1.29, 1.82) is 0 Å². The van der Waals surface area contributed by atoms with E-state index in [1.54, 1.807) is 55.5 Å². The van der Waals surface area contributed by atoms with Crippen molar-refractivity contribution in [3.05, 3.63) is 86.0 Å². The van der Waals surface area contributed by atoms with Gasteiger partial charge in [-0.05, 0) is 36.2 Å². The van der Waals surface area contributed by atoms with E-state index in [1.807, 2.05) is 6.07 Å². The molecule has 0 bridgehead atoms. The molecule has 35 heavy (non-hydrogen) atoms. The van der Waals surface area contributed by atoms with Gasteiger partial charge in [-0.25, -0.2) is 9.59 Å². The molecule has 0 atom stereocenters. The van der Waals surface area contributed by atoms with Crippen molar-refractivity contribution in [2.24, 2.45) is 0 Å². The predicted octanol–water partition coefficient (Wildman–Crippen LogP) is 2.19. The summed E-state index contributed by atoms with van der Waals surface area (Å²) in [5, 5.41) is 0.519. The number of hydrogen-bond acceptors (Lipinski definition) is 7. The van der Waals surface area contributed by atoms with E-state index in [-0.39, 0.29) is 24.6 Å². The highest BCUT2D eigenvalue weighted by Crippen LogP contribution is 2.19. The molecule has 0 radical (unpaired) electrons. The zero-order valence-electron chi connectivity index (χ0n) is 19.0. The first-order chi connectivity index (χ1) is 16.8. The van der Waals surface area contributed by atoms with Gasteiger partial charge in [0.2, 0.25) is 0 Å². The number of anilines is 2. The summed E-state index contributed by atoms with van der Waals surface area (Å²) in [6.45, 7) is 0.957. The minimum atomic E-state index is -0.809. The molecule has 1 amide bonds. The summed E-state index contributed by atoms with van der Waals surface area (Å²) in [6, 6.07) is 15.4. The van der Waals surface area contributed by atoms with Crippen molar-refractivity contribution in [2.75, 3.05) is 30.4 Å². The molecule has 3 N–H and O–H groups in total. The number of aromatic amines is 1. The predicted molar refractivity (Wildman–Crippen MR) is 132 cm³/mol.